The van der Waals surface area contributed by atoms with Crippen LogP contribution in [-0.4, -0.2) is 26.2 Å². The van der Waals surface area contributed by atoms with Crippen LogP contribution in [0, 0.1) is 0 Å². The largest absolute Gasteiger partial charge is 0.497 e. The molecule has 0 aromatic heterocycles. The number of methoxy groups -OCH3 is 2. The number of cyclic esters (lactones) is 2. The summed E-state index contributed by atoms with van der Waals surface area (Å²) < 4.78 is 21.5. The van der Waals surface area contributed by atoms with Crippen LogP contribution < -0.4 is 9.47 Å². The molecular weight excluding hydrogens is 312 g/mol. The van der Waals surface area contributed by atoms with E-state index in [2.05, 4.69) is 0 Å². The number of ether oxygens (including phenoxy) is 4. The first-order valence-electron chi connectivity index (χ1n) is 7.30. The molecule has 0 unspecified atom stereocenters. The Morgan fingerprint density at radius 1 is 0.833 bits per heavy atom. The predicted molar refractivity (Wildman–Crippen MR) is 83.6 cm³/mol. The van der Waals surface area contributed by atoms with Crippen molar-refractivity contribution in [2.75, 3.05) is 14.2 Å². The maximum atomic E-state index is 12.0. The van der Waals surface area contributed by atoms with Crippen LogP contribution in [0.25, 0.3) is 0 Å². The van der Waals surface area contributed by atoms with Crippen molar-refractivity contribution in [3.8, 4) is 11.5 Å². The summed E-state index contributed by atoms with van der Waals surface area (Å²) in [4.78, 5) is 23.9. The molecule has 1 heterocycles. The van der Waals surface area contributed by atoms with Crippen molar-refractivity contribution in [2.45, 2.75) is 12.2 Å². The fraction of sp³-hybridized carbons (Fsp3) is 0.222. The van der Waals surface area contributed by atoms with Crippen LogP contribution in [0.15, 0.2) is 48.5 Å². The van der Waals surface area contributed by atoms with E-state index in [1.165, 1.54) is 14.2 Å². The third-order valence-electron chi connectivity index (χ3n) is 3.70. The SMILES string of the molecule is COc1cccc(C2(c3cccc(OC)c3)OC(=O)CC(=O)O2)c1. The van der Waals surface area contributed by atoms with Crippen molar-refractivity contribution in [1.29, 1.82) is 0 Å². The van der Waals surface area contributed by atoms with Gasteiger partial charge in [-0.3, -0.25) is 9.59 Å². The van der Waals surface area contributed by atoms with Gasteiger partial charge in [0.1, 0.15) is 17.9 Å². The number of rotatable bonds is 4. The Labute approximate surface area is 138 Å². The standard InChI is InChI=1S/C18H16O6/c1-21-14-7-3-5-12(9-14)18(23-16(19)11-17(20)24-18)13-6-4-8-15(10-13)22-2/h3-10H,11H2,1-2H3. The second kappa shape index (κ2) is 6.23. The lowest BCUT2D eigenvalue weighted by atomic mass is 9.95. The van der Waals surface area contributed by atoms with Gasteiger partial charge in [0.25, 0.3) is 0 Å². The van der Waals surface area contributed by atoms with Gasteiger partial charge >= 0.3 is 17.7 Å². The smallest absolute Gasteiger partial charge is 0.320 e. The summed E-state index contributed by atoms with van der Waals surface area (Å²) in [6, 6.07) is 13.7. The molecule has 6 nitrogen and oxygen atoms in total. The Hall–Kier alpha value is -3.02. The maximum Gasteiger partial charge on any atom is 0.320 e. The molecule has 1 aliphatic rings. The number of carbonyl (C=O) groups is 2. The average Bonchev–Trinajstić information content (AvgIpc) is 2.61. The Morgan fingerprint density at radius 3 is 1.71 bits per heavy atom. The van der Waals surface area contributed by atoms with Crippen LogP contribution in [0.1, 0.15) is 17.5 Å². The van der Waals surface area contributed by atoms with E-state index in [1.54, 1.807) is 48.5 Å². The Bertz CT molecular complexity index is 717. The zero-order valence-corrected chi connectivity index (χ0v) is 13.3. The molecule has 1 fully saturated rings. The van der Waals surface area contributed by atoms with Gasteiger partial charge in [0, 0.05) is 11.1 Å². The minimum Gasteiger partial charge on any atom is -0.497 e. The van der Waals surface area contributed by atoms with Gasteiger partial charge in [0.15, 0.2) is 0 Å². The number of esters is 2. The van der Waals surface area contributed by atoms with Crippen LogP contribution in [-0.2, 0) is 24.8 Å². The monoisotopic (exact) mass is 328 g/mol. The molecule has 3 rings (SSSR count). The lowest BCUT2D eigenvalue weighted by Gasteiger charge is -2.36. The van der Waals surface area contributed by atoms with Crippen molar-refractivity contribution < 1.29 is 28.5 Å². The molecular formula is C18H16O6. The normalized spacial score (nSPS) is 16.1. The van der Waals surface area contributed by atoms with E-state index >= 15 is 0 Å². The topological polar surface area (TPSA) is 71.1 Å². The highest BCUT2D eigenvalue weighted by atomic mass is 16.7. The molecule has 1 saturated heterocycles. The van der Waals surface area contributed by atoms with Crippen molar-refractivity contribution in [3.63, 3.8) is 0 Å². The Kier molecular flexibility index (Phi) is 4.12. The van der Waals surface area contributed by atoms with Gasteiger partial charge in [-0.1, -0.05) is 24.3 Å². The highest BCUT2D eigenvalue weighted by Crippen LogP contribution is 2.40. The lowest BCUT2D eigenvalue weighted by molar-refractivity contribution is -0.234. The lowest BCUT2D eigenvalue weighted by Crippen LogP contribution is -2.43. The summed E-state index contributed by atoms with van der Waals surface area (Å²) in [5.74, 6) is -1.89. The third-order valence-corrected chi connectivity index (χ3v) is 3.70. The van der Waals surface area contributed by atoms with Crippen LogP contribution in [0.5, 0.6) is 11.5 Å². The fourth-order valence-electron chi connectivity index (χ4n) is 2.59. The first-order valence-corrected chi connectivity index (χ1v) is 7.30. The second-order valence-corrected chi connectivity index (χ2v) is 5.21. The summed E-state index contributed by atoms with van der Waals surface area (Å²) in [5.41, 5.74) is 0.938. The third kappa shape index (κ3) is 2.78. The average molecular weight is 328 g/mol. The molecule has 0 aliphatic carbocycles. The van der Waals surface area contributed by atoms with Crippen LogP contribution in [0.3, 0.4) is 0 Å². The van der Waals surface area contributed by atoms with Crippen molar-refractivity contribution in [3.05, 3.63) is 59.7 Å². The molecule has 2 aromatic rings. The van der Waals surface area contributed by atoms with E-state index < -0.39 is 24.1 Å². The number of benzene rings is 2. The molecule has 0 saturated carbocycles. The van der Waals surface area contributed by atoms with Crippen molar-refractivity contribution >= 4 is 11.9 Å². The molecule has 0 atom stereocenters. The van der Waals surface area contributed by atoms with Crippen LogP contribution in [0.2, 0.25) is 0 Å². The highest BCUT2D eigenvalue weighted by molar-refractivity contribution is 5.93. The Balaban J connectivity index is 2.20. The molecule has 0 N–H and O–H groups in total. The fourth-order valence-corrected chi connectivity index (χ4v) is 2.59. The summed E-state index contributed by atoms with van der Waals surface area (Å²) in [6.07, 6.45) is -0.421. The first-order chi connectivity index (χ1) is 11.6. The van der Waals surface area contributed by atoms with Gasteiger partial charge in [0.05, 0.1) is 14.2 Å². The molecule has 0 radical (unpaired) electrons. The molecule has 0 spiro atoms. The van der Waals surface area contributed by atoms with Gasteiger partial charge in [-0.15, -0.1) is 0 Å². The van der Waals surface area contributed by atoms with Gasteiger partial charge in [-0.25, -0.2) is 0 Å². The molecule has 24 heavy (non-hydrogen) atoms. The van der Waals surface area contributed by atoms with E-state index in [9.17, 15) is 9.59 Å². The second-order valence-electron chi connectivity index (χ2n) is 5.21. The molecule has 124 valence electrons. The molecule has 1 aliphatic heterocycles. The van der Waals surface area contributed by atoms with E-state index in [0.29, 0.717) is 22.6 Å². The number of hydrogen-bond acceptors (Lipinski definition) is 6. The number of hydrogen-bond donors (Lipinski definition) is 0. The summed E-state index contributed by atoms with van der Waals surface area (Å²) in [7, 11) is 3.05. The zero-order valence-electron chi connectivity index (χ0n) is 13.3. The van der Waals surface area contributed by atoms with Gasteiger partial charge in [0.2, 0.25) is 0 Å². The predicted octanol–water partition coefficient (Wildman–Crippen LogP) is 2.40. The number of carbonyl (C=O) groups excluding carboxylic acids is 2. The molecule has 2 aromatic carbocycles. The van der Waals surface area contributed by atoms with Crippen molar-refractivity contribution in [1.82, 2.24) is 0 Å². The summed E-state index contributed by atoms with van der Waals surface area (Å²) >= 11 is 0. The quantitative estimate of drug-likeness (QED) is 0.634. The summed E-state index contributed by atoms with van der Waals surface area (Å²) in [6.45, 7) is 0. The molecule has 0 bridgehead atoms. The minimum absolute atomic E-state index is 0.421. The van der Waals surface area contributed by atoms with E-state index in [0.717, 1.165) is 0 Å². The zero-order chi connectivity index (χ0) is 17.2. The van der Waals surface area contributed by atoms with E-state index in [4.69, 9.17) is 18.9 Å². The van der Waals surface area contributed by atoms with Gasteiger partial charge < -0.3 is 18.9 Å². The summed E-state index contributed by atoms with van der Waals surface area (Å²) in [5, 5.41) is 0. The first kappa shape index (κ1) is 15.9. The van der Waals surface area contributed by atoms with E-state index in [1.807, 2.05) is 0 Å². The highest BCUT2D eigenvalue weighted by Gasteiger charge is 2.47. The maximum absolute atomic E-state index is 12.0. The van der Waals surface area contributed by atoms with Crippen molar-refractivity contribution in [2.24, 2.45) is 0 Å². The molecule has 6 heteroatoms. The molecule has 0 amide bonds. The van der Waals surface area contributed by atoms with Crippen LogP contribution in [0.4, 0.5) is 0 Å². The van der Waals surface area contributed by atoms with E-state index in [-0.39, 0.29) is 0 Å². The van der Waals surface area contributed by atoms with Crippen LogP contribution >= 0.6 is 0 Å². The minimum atomic E-state index is -1.67. The Morgan fingerprint density at radius 2 is 1.29 bits per heavy atom. The van der Waals surface area contributed by atoms with Gasteiger partial charge in [-0.05, 0) is 24.3 Å². The van der Waals surface area contributed by atoms with Gasteiger partial charge in [-0.2, -0.15) is 0 Å².